The highest BCUT2D eigenvalue weighted by molar-refractivity contribution is 5.75. The summed E-state index contributed by atoms with van der Waals surface area (Å²) in [5.41, 5.74) is 5.37. The number of amides is 1. The molecule has 0 spiro atoms. The molecule has 0 aliphatic carbocycles. The Morgan fingerprint density at radius 3 is 2.50 bits per heavy atom. The van der Waals surface area contributed by atoms with Crippen molar-refractivity contribution in [2.75, 3.05) is 13.2 Å². The second-order valence-corrected chi connectivity index (χ2v) is 4.30. The molecule has 0 unspecified atom stereocenters. The van der Waals surface area contributed by atoms with Gasteiger partial charge in [-0.25, -0.2) is 0 Å². The van der Waals surface area contributed by atoms with Crippen LogP contribution in [0.5, 0.6) is 0 Å². The second-order valence-electron chi connectivity index (χ2n) is 4.30. The Labute approximate surface area is 85.9 Å². The van der Waals surface area contributed by atoms with Crippen LogP contribution >= 0.6 is 0 Å². The molecule has 0 saturated heterocycles. The Morgan fingerprint density at radius 1 is 1.36 bits per heavy atom. The monoisotopic (exact) mass is 202 g/mol. The lowest BCUT2D eigenvalue weighted by molar-refractivity contribution is -0.121. The van der Waals surface area contributed by atoms with E-state index in [1.807, 2.05) is 13.8 Å². The SMILES string of the molecule is CC(C)(N)CNC(=O)CCCCCO. The molecular weight excluding hydrogens is 180 g/mol. The number of carbonyl (C=O) groups excluding carboxylic acids is 1. The maximum Gasteiger partial charge on any atom is 0.220 e. The number of unbranched alkanes of at least 4 members (excludes halogenated alkanes) is 2. The average molecular weight is 202 g/mol. The Morgan fingerprint density at radius 2 is 2.00 bits per heavy atom. The predicted octanol–water partition coefficient (Wildman–Crippen LogP) is 0.393. The molecule has 4 heteroatoms. The van der Waals surface area contributed by atoms with E-state index in [0.29, 0.717) is 13.0 Å². The number of nitrogens with two attached hydrogens (primary N) is 1. The molecule has 0 rings (SSSR count). The van der Waals surface area contributed by atoms with Gasteiger partial charge >= 0.3 is 0 Å². The van der Waals surface area contributed by atoms with E-state index in [4.69, 9.17) is 10.8 Å². The zero-order valence-corrected chi connectivity index (χ0v) is 9.18. The number of aliphatic hydroxyl groups excluding tert-OH is 1. The van der Waals surface area contributed by atoms with E-state index in [2.05, 4.69) is 5.32 Å². The van der Waals surface area contributed by atoms with E-state index < -0.39 is 0 Å². The van der Waals surface area contributed by atoms with Crippen molar-refractivity contribution >= 4 is 5.91 Å². The van der Waals surface area contributed by atoms with E-state index >= 15 is 0 Å². The predicted molar refractivity (Wildman–Crippen MR) is 56.8 cm³/mol. The quantitative estimate of drug-likeness (QED) is 0.523. The highest BCUT2D eigenvalue weighted by Crippen LogP contribution is 1.99. The molecule has 0 bridgehead atoms. The van der Waals surface area contributed by atoms with E-state index in [1.165, 1.54) is 0 Å². The van der Waals surface area contributed by atoms with Crippen molar-refractivity contribution in [2.45, 2.75) is 45.1 Å². The highest BCUT2D eigenvalue weighted by Gasteiger charge is 2.11. The van der Waals surface area contributed by atoms with Gasteiger partial charge in [0.1, 0.15) is 0 Å². The first-order valence-electron chi connectivity index (χ1n) is 5.12. The summed E-state index contributed by atoms with van der Waals surface area (Å²) in [5.74, 6) is 0.0430. The van der Waals surface area contributed by atoms with Crippen molar-refractivity contribution in [2.24, 2.45) is 5.73 Å². The normalized spacial score (nSPS) is 11.4. The summed E-state index contributed by atoms with van der Waals surface area (Å²) in [6.45, 7) is 4.46. The molecule has 0 atom stereocenters. The summed E-state index contributed by atoms with van der Waals surface area (Å²) in [6, 6.07) is 0. The van der Waals surface area contributed by atoms with Gasteiger partial charge in [-0.05, 0) is 26.7 Å². The Hall–Kier alpha value is -0.610. The zero-order chi connectivity index (χ0) is 11.0. The molecule has 0 aromatic rings. The molecule has 0 aliphatic rings. The lowest BCUT2D eigenvalue weighted by Gasteiger charge is -2.18. The third-order valence-electron chi connectivity index (χ3n) is 1.80. The number of hydrogen-bond donors (Lipinski definition) is 3. The fraction of sp³-hybridized carbons (Fsp3) is 0.900. The molecule has 0 heterocycles. The third kappa shape index (κ3) is 9.48. The smallest absolute Gasteiger partial charge is 0.220 e. The van der Waals surface area contributed by atoms with Gasteiger partial charge in [0.05, 0.1) is 0 Å². The standard InChI is InChI=1S/C10H22N2O2/c1-10(2,11)8-12-9(14)6-4-3-5-7-13/h13H,3-8,11H2,1-2H3,(H,12,14). The summed E-state index contributed by atoms with van der Waals surface area (Å²) in [7, 11) is 0. The Kier molecular flexibility index (Phi) is 6.49. The molecule has 4 nitrogen and oxygen atoms in total. The zero-order valence-electron chi connectivity index (χ0n) is 9.18. The van der Waals surface area contributed by atoms with Crippen LogP contribution in [0.4, 0.5) is 0 Å². The van der Waals surface area contributed by atoms with E-state index in [9.17, 15) is 4.79 Å². The first-order chi connectivity index (χ1) is 6.45. The second kappa shape index (κ2) is 6.79. The summed E-state index contributed by atoms with van der Waals surface area (Å²) < 4.78 is 0. The number of hydrogen-bond acceptors (Lipinski definition) is 3. The third-order valence-corrected chi connectivity index (χ3v) is 1.80. The van der Waals surface area contributed by atoms with Gasteiger partial charge < -0.3 is 16.2 Å². The molecule has 14 heavy (non-hydrogen) atoms. The molecule has 0 fully saturated rings. The molecule has 0 radical (unpaired) electrons. The first kappa shape index (κ1) is 13.4. The van der Waals surface area contributed by atoms with Gasteiger partial charge in [0.25, 0.3) is 0 Å². The van der Waals surface area contributed by atoms with Crippen LogP contribution in [0.3, 0.4) is 0 Å². The maximum atomic E-state index is 11.2. The van der Waals surface area contributed by atoms with Crippen LogP contribution in [-0.4, -0.2) is 29.7 Å². The Bertz CT molecular complexity index is 164. The van der Waals surface area contributed by atoms with Crippen molar-refractivity contribution in [1.82, 2.24) is 5.32 Å². The van der Waals surface area contributed by atoms with Crippen molar-refractivity contribution in [3.63, 3.8) is 0 Å². The lowest BCUT2D eigenvalue weighted by atomic mass is 10.1. The van der Waals surface area contributed by atoms with Gasteiger partial charge in [0.15, 0.2) is 0 Å². The summed E-state index contributed by atoms with van der Waals surface area (Å²) in [6.07, 6.45) is 3.03. The van der Waals surface area contributed by atoms with Gasteiger partial charge in [-0.2, -0.15) is 0 Å². The van der Waals surface area contributed by atoms with Crippen molar-refractivity contribution < 1.29 is 9.90 Å². The van der Waals surface area contributed by atoms with E-state index in [1.54, 1.807) is 0 Å². The van der Waals surface area contributed by atoms with E-state index in [0.717, 1.165) is 19.3 Å². The van der Waals surface area contributed by atoms with Gasteiger partial charge in [0, 0.05) is 25.1 Å². The molecule has 0 saturated carbocycles. The van der Waals surface area contributed by atoms with Gasteiger partial charge in [0.2, 0.25) is 5.91 Å². The van der Waals surface area contributed by atoms with Crippen LogP contribution in [0.25, 0.3) is 0 Å². The molecule has 0 aromatic heterocycles. The van der Waals surface area contributed by atoms with Gasteiger partial charge in [-0.1, -0.05) is 6.42 Å². The highest BCUT2D eigenvalue weighted by atomic mass is 16.2. The summed E-state index contributed by atoms with van der Waals surface area (Å²) in [4.78, 5) is 11.2. The van der Waals surface area contributed by atoms with Crippen LogP contribution in [0, 0.1) is 0 Å². The van der Waals surface area contributed by atoms with Crippen LogP contribution < -0.4 is 11.1 Å². The minimum absolute atomic E-state index is 0.0430. The summed E-state index contributed by atoms with van der Waals surface area (Å²) >= 11 is 0. The van der Waals surface area contributed by atoms with Crippen LogP contribution in [0.2, 0.25) is 0 Å². The van der Waals surface area contributed by atoms with Crippen LogP contribution in [0.1, 0.15) is 39.5 Å². The van der Waals surface area contributed by atoms with Crippen molar-refractivity contribution in [1.29, 1.82) is 0 Å². The number of rotatable bonds is 7. The fourth-order valence-electron chi connectivity index (χ4n) is 0.989. The first-order valence-corrected chi connectivity index (χ1v) is 5.12. The van der Waals surface area contributed by atoms with Crippen molar-refractivity contribution in [3.8, 4) is 0 Å². The lowest BCUT2D eigenvalue weighted by Crippen LogP contribution is -2.45. The molecular formula is C10H22N2O2. The minimum atomic E-state index is -0.346. The maximum absolute atomic E-state index is 11.2. The Balaban J connectivity index is 3.38. The summed E-state index contributed by atoms with van der Waals surface area (Å²) in [5, 5.41) is 11.3. The minimum Gasteiger partial charge on any atom is -0.396 e. The van der Waals surface area contributed by atoms with E-state index in [-0.39, 0.29) is 18.1 Å². The topological polar surface area (TPSA) is 75.3 Å². The molecule has 0 aromatic carbocycles. The van der Waals surface area contributed by atoms with Crippen molar-refractivity contribution in [3.05, 3.63) is 0 Å². The largest absolute Gasteiger partial charge is 0.396 e. The van der Waals surface area contributed by atoms with Gasteiger partial charge in [-0.3, -0.25) is 4.79 Å². The van der Waals surface area contributed by atoms with Crippen LogP contribution in [0.15, 0.2) is 0 Å². The molecule has 4 N–H and O–H groups in total. The number of carbonyl (C=O) groups is 1. The molecule has 0 aliphatic heterocycles. The van der Waals surface area contributed by atoms with Gasteiger partial charge in [-0.15, -0.1) is 0 Å². The molecule has 84 valence electrons. The molecule has 1 amide bonds. The fourth-order valence-corrected chi connectivity index (χ4v) is 0.989. The number of aliphatic hydroxyl groups is 1. The van der Waals surface area contributed by atoms with Crippen LogP contribution in [-0.2, 0) is 4.79 Å². The number of nitrogens with one attached hydrogen (secondary N) is 1. The average Bonchev–Trinajstić information content (AvgIpc) is 2.08.